The summed E-state index contributed by atoms with van der Waals surface area (Å²) < 4.78 is 10.4. The minimum atomic E-state index is 0.455. The first-order chi connectivity index (χ1) is 8.65. The minimum absolute atomic E-state index is 0.455. The van der Waals surface area contributed by atoms with Crippen LogP contribution in [0.4, 0.5) is 0 Å². The van der Waals surface area contributed by atoms with Gasteiger partial charge < -0.3 is 9.47 Å². The zero-order chi connectivity index (χ0) is 13.5. The third kappa shape index (κ3) is 3.41. The summed E-state index contributed by atoms with van der Waals surface area (Å²) in [5, 5.41) is 9.54. The standard InChI is InChI=1S/C14H16ClNO2/c1-4-5-10(9-16)14(15)11-6-12(17-2)8-13(7-11)18-3/h6-8H,4-5H2,1-3H3. The zero-order valence-corrected chi connectivity index (χ0v) is 11.5. The van der Waals surface area contributed by atoms with Gasteiger partial charge in [0.15, 0.2) is 0 Å². The van der Waals surface area contributed by atoms with Crippen molar-refractivity contribution >= 4 is 16.6 Å². The van der Waals surface area contributed by atoms with Crippen molar-refractivity contribution in [1.82, 2.24) is 0 Å². The van der Waals surface area contributed by atoms with Crippen LogP contribution >= 0.6 is 11.6 Å². The highest BCUT2D eigenvalue weighted by atomic mass is 35.5. The van der Waals surface area contributed by atoms with Crippen molar-refractivity contribution in [3.8, 4) is 17.6 Å². The summed E-state index contributed by atoms with van der Waals surface area (Å²) in [5.41, 5.74) is 1.31. The van der Waals surface area contributed by atoms with Crippen LogP contribution in [-0.2, 0) is 0 Å². The van der Waals surface area contributed by atoms with E-state index in [0.29, 0.717) is 28.5 Å². The Morgan fingerprint density at radius 1 is 1.22 bits per heavy atom. The lowest BCUT2D eigenvalue weighted by molar-refractivity contribution is 0.394. The molecule has 3 nitrogen and oxygen atoms in total. The van der Waals surface area contributed by atoms with Crippen molar-refractivity contribution in [2.45, 2.75) is 19.8 Å². The van der Waals surface area contributed by atoms with Crippen molar-refractivity contribution in [3.63, 3.8) is 0 Å². The Morgan fingerprint density at radius 2 is 1.78 bits per heavy atom. The predicted octanol–water partition coefficient (Wildman–Crippen LogP) is 3.98. The van der Waals surface area contributed by atoms with E-state index in [9.17, 15) is 0 Å². The molecular weight excluding hydrogens is 250 g/mol. The Labute approximate surface area is 113 Å². The van der Waals surface area contributed by atoms with E-state index in [0.717, 1.165) is 12.0 Å². The van der Waals surface area contributed by atoms with E-state index in [1.807, 2.05) is 6.92 Å². The van der Waals surface area contributed by atoms with Crippen molar-refractivity contribution in [1.29, 1.82) is 5.26 Å². The van der Waals surface area contributed by atoms with Crippen molar-refractivity contribution in [2.24, 2.45) is 0 Å². The summed E-state index contributed by atoms with van der Waals surface area (Å²) in [6.07, 6.45) is 1.54. The number of methoxy groups -OCH3 is 2. The maximum absolute atomic E-state index is 9.09. The molecule has 0 bridgehead atoms. The molecule has 0 aliphatic heterocycles. The van der Waals surface area contributed by atoms with Gasteiger partial charge in [-0.15, -0.1) is 0 Å². The van der Waals surface area contributed by atoms with Gasteiger partial charge >= 0.3 is 0 Å². The zero-order valence-electron chi connectivity index (χ0n) is 10.8. The van der Waals surface area contributed by atoms with Gasteiger partial charge in [0.25, 0.3) is 0 Å². The first-order valence-electron chi connectivity index (χ1n) is 5.68. The molecule has 0 amide bonds. The van der Waals surface area contributed by atoms with E-state index in [4.69, 9.17) is 26.3 Å². The topological polar surface area (TPSA) is 42.2 Å². The van der Waals surface area contributed by atoms with Crippen LogP contribution < -0.4 is 9.47 Å². The fraction of sp³-hybridized carbons (Fsp3) is 0.357. The van der Waals surface area contributed by atoms with E-state index in [-0.39, 0.29) is 0 Å². The second-order valence-electron chi connectivity index (χ2n) is 3.76. The first-order valence-corrected chi connectivity index (χ1v) is 6.06. The fourth-order valence-electron chi connectivity index (χ4n) is 1.57. The molecule has 0 fully saturated rings. The quantitative estimate of drug-likeness (QED) is 0.757. The lowest BCUT2D eigenvalue weighted by Gasteiger charge is -2.09. The highest BCUT2D eigenvalue weighted by Crippen LogP contribution is 2.31. The number of benzene rings is 1. The predicted molar refractivity (Wildman–Crippen MR) is 72.8 cm³/mol. The van der Waals surface area contributed by atoms with Gasteiger partial charge in [0.1, 0.15) is 11.5 Å². The molecule has 4 heteroatoms. The number of hydrogen-bond acceptors (Lipinski definition) is 3. The van der Waals surface area contributed by atoms with Crippen LogP contribution in [0.2, 0.25) is 0 Å². The summed E-state index contributed by atoms with van der Waals surface area (Å²) >= 11 is 6.26. The number of nitrogens with zero attached hydrogens (tertiary/aromatic N) is 1. The van der Waals surface area contributed by atoms with Crippen LogP contribution in [-0.4, -0.2) is 14.2 Å². The van der Waals surface area contributed by atoms with Crippen LogP contribution in [0.15, 0.2) is 23.8 Å². The third-order valence-electron chi connectivity index (χ3n) is 2.50. The van der Waals surface area contributed by atoms with E-state index in [1.165, 1.54) is 0 Å². The summed E-state index contributed by atoms with van der Waals surface area (Å²) in [6.45, 7) is 2.01. The largest absolute Gasteiger partial charge is 0.497 e. The van der Waals surface area contributed by atoms with Crippen LogP contribution in [0.1, 0.15) is 25.3 Å². The summed E-state index contributed by atoms with van der Waals surface area (Å²) in [5.74, 6) is 1.30. The van der Waals surface area contributed by atoms with Gasteiger partial charge in [0.05, 0.1) is 25.3 Å². The van der Waals surface area contributed by atoms with Crippen LogP contribution in [0, 0.1) is 11.3 Å². The SMILES string of the molecule is CCCC(C#N)=C(Cl)c1cc(OC)cc(OC)c1. The van der Waals surface area contributed by atoms with E-state index >= 15 is 0 Å². The summed E-state index contributed by atoms with van der Waals surface area (Å²) in [6, 6.07) is 7.48. The van der Waals surface area contributed by atoms with Crippen LogP contribution in [0.3, 0.4) is 0 Å². The van der Waals surface area contributed by atoms with Crippen LogP contribution in [0.5, 0.6) is 11.5 Å². The second kappa shape index (κ2) is 6.93. The van der Waals surface area contributed by atoms with Gasteiger partial charge in [-0.2, -0.15) is 5.26 Å². The fourth-order valence-corrected chi connectivity index (χ4v) is 1.82. The molecule has 0 radical (unpaired) electrons. The van der Waals surface area contributed by atoms with E-state index in [2.05, 4.69) is 6.07 Å². The van der Waals surface area contributed by atoms with Gasteiger partial charge in [-0.1, -0.05) is 24.9 Å². The van der Waals surface area contributed by atoms with Crippen LogP contribution in [0.25, 0.3) is 5.03 Å². The minimum Gasteiger partial charge on any atom is -0.497 e. The number of nitriles is 1. The first kappa shape index (κ1) is 14.4. The molecule has 1 aromatic rings. The maximum Gasteiger partial charge on any atom is 0.123 e. The molecule has 96 valence electrons. The molecule has 0 spiro atoms. The second-order valence-corrected chi connectivity index (χ2v) is 4.13. The molecule has 0 N–H and O–H groups in total. The number of ether oxygens (including phenoxy) is 2. The molecule has 0 saturated heterocycles. The monoisotopic (exact) mass is 265 g/mol. The summed E-state index contributed by atoms with van der Waals surface area (Å²) in [7, 11) is 3.15. The maximum atomic E-state index is 9.09. The smallest absolute Gasteiger partial charge is 0.123 e. The molecule has 0 unspecified atom stereocenters. The van der Waals surface area contributed by atoms with Gasteiger partial charge in [-0.05, 0) is 18.6 Å². The van der Waals surface area contributed by atoms with Crippen molar-refractivity contribution in [3.05, 3.63) is 29.3 Å². The number of hydrogen-bond donors (Lipinski definition) is 0. The Balaban J connectivity index is 3.27. The molecule has 0 aliphatic carbocycles. The van der Waals surface area contributed by atoms with E-state index in [1.54, 1.807) is 32.4 Å². The van der Waals surface area contributed by atoms with Gasteiger partial charge in [-0.3, -0.25) is 0 Å². The lowest BCUT2D eigenvalue weighted by Crippen LogP contribution is -1.91. The van der Waals surface area contributed by atoms with E-state index < -0.39 is 0 Å². The number of rotatable bonds is 5. The van der Waals surface area contributed by atoms with Crippen molar-refractivity contribution < 1.29 is 9.47 Å². The van der Waals surface area contributed by atoms with Gasteiger partial charge in [0, 0.05) is 17.2 Å². The van der Waals surface area contributed by atoms with Gasteiger partial charge in [0.2, 0.25) is 0 Å². The molecule has 0 aromatic heterocycles. The molecule has 0 aliphatic rings. The molecular formula is C14H16ClNO2. The third-order valence-corrected chi connectivity index (χ3v) is 2.95. The average Bonchev–Trinajstić information content (AvgIpc) is 2.43. The Kier molecular flexibility index (Phi) is 5.54. The molecule has 0 saturated carbocycles. The molecule has 18 heavy (non-hydrogen) atoms. The van der Waals surface area contributed by atoms with Gasteiger partial charge in [-0.25, -0.2) is 0 Å². The molecule has 1 rings (SSSR count). The molecule has 1 aromatic carbocycles. The Bertz CT molecular complexity index is 467. The summed E-state index contributed by atoms with van der Waals surface area (Å²) in [4.78, 5) is 0. The molecule has 0 atom stereocenters. The highest BCUT2D eigenvalue weighted by Gasteiger charge is 2.09. The molecule has 0 heterocycles. The normalized spacial score (nSPS) is 11.5. The average molecular weight is 266 g/mol. The Hall–Kier alpha value is -1.66. The van der Waals surface area contributed by atoms with Crippen molar-refractivity contribution in [2.75, 3.05) is 14.2 Å². The lowest BCUT2D eigenvalue weighted by atomic mass is 10.1. The highest BCUT2D eigenvalue weighted by molar-refractivity contribution is 6.49. The Morgan fingerprint density at radius 3 is 2.17 bits per heavy atom. The number of halogens is 1. The number of allylic oxidation sites excluding steroid dienone is 1.